The number of halogens is 2. The summed E-state index contributed by atoms with van der Waals surface area (Å²) in [6.45, 7) is 6.28. The summed E-state index contributed by atoms with van der Waals surface area (Å²) in [6, 6.07) is 2.35. The molecule has 0 atom stereocenters. The molecule has 21 heavy (non-hydrogen) atoms. The van der Waals surface area contributed by atoms with Crippen LogP contribution in [0.15, 0.2) is 21.5 Å². The summed E-state index contributed by atoms with van der Waals surface area (Å²) in [5.41, 5.74) is -0.0170. The van der Waals surface area contributed by atoms with E-state index in [1.54, 1.807) is 0 Å². The fraction of sp³-hybridized carbons (Fsp3) is 0.462. The molecule has 8 heteroatoms. The molecule has 1 aromatic rings. The fourth-order valence-corrected chi connectivity index (χ4v) is 2.77. The summed E-state index contributed by atoms with van der Waals surface area (Å²) in [5, 5.41) is 5.14. The van der Waals surface area contributed by atoms with Gasteiger partial charge in [-0.1, -0.05) is 32.4 Å². The smallest absolute Gasteiger partial charge is 0.339 e. The standard InChI is InChI=1S/C13H17BrClNO4S/c1-13(2,3)4-5-20-12(17)9-6-8(21(16,18)19)7-10(14)11(9)15/h6-7H,4-5H2,1-3H3,(H2,16,18,19). The third kappa shape index (κ3) is 5.58. The van der Waals surface area contributed by atoms with Gasteiger partial charge in [-0.05, 0) is 39.9 Å². The lowest BCUT2D eigenvalue weighted by atomic mass is 9.93. The number of esters is 1. The molecule has 118 valence electrons. The van der Waals surface area contributed by atoms with E-state index in [9.17, 15) is 13.2 Å². The van der Waals surface area contributed by atoms with Crippen molar-refractivity contribution in [1.29, 1.82) is 0 Å². The zero-order chi connectivity index (χ0) is 16.4. The quantitative estimate of drug-likeness (QED) is 0.788. The summed E-state index contributed by atoms with van der Waals surface area (Å²) >= 11 is 9.09. The van der Waals surface area contributed by atoms with Crippen molar-refractivity contribution in [3.8, 4) is 0 Å². The third-order valence-electron chi connectivity index (χ3n) is 2.64. The Kier molecular flexibility index (Phi) is 5.83. The van der Waals surface area contributed by atoms with E-state index in [1.165, 1.54) is 6.07 Å². The van der Waals surface area contributed by atoms with E-state index in [0.29, 0.717) is 6.42 Å². The first-order chi connectivity index (χ1) is 9.42. The van der Waals surface area contributed by atoms with Gasteiger partial charge in [0, 0.05) is 4.47 Å². The van der Waals surface area contributed by atoms with Crippen molar-refractivity contribution in [3.63, 3.8) is 0 Å². The summed E-state index contributed by atoms with van der Waals surface area (Å²) in [6.07, 6.45) is 0.673. The number of benzene rings is 1. The first-order valence-electron chi connectivity index (χ1n) is 6.11. The van der Waals surface area contributed by atoms with Crippen LogP contribution >= 0.6 is 27.5 Å². The SMILES string of the molecule is CC(C)(C)CCOC(=O)c1cc(S(N)(=O)=O)cc(Br)c1Cl. The highest BCUT2D eigenvalue weighted by Crippen LogP contribution is 2.30. The second kappa shape index (κ2) is 6.64. The van der Waals surface area contributed by atoms with Gasteiger partial charge in [0.1, 0.15) is 0 Å². The molecule has 0 aromatic heterocycles. The normalized spacial score (nSPS) is 12.3. The molecule has 0 amide bonds. The number of primary sulfonamides is 1. The van der Waals surface area contributed by atoms with Crippen molar-refractivity contribution in [3.05, 3.63) is 27.2 Å². The maximum Gasteiger partial charge on any atom is 0.339 e. The minimum atomic E-state index is -3.94. The van der Waals surface area contributed by atoms with Crippen molar-refractivity contribution >= 4 is 43.5 Å². The Labute approximate surface area is 138 Å². The highest BCUT2D eigenvalue weighted by molar-refractivity contribution is 9.10. The molecule has 0 unspecified atom stereocenters. The summed E-state index contributed by atoms with van der Waals surface area (Å²) in [4.78, 5) is 11.8. The van der Waals surface area contributed by atoms with E-state index in [-0.39, 0.29) is 32.0 Å². The van der Waals surface area contributed by atoms with Crippen molar-refractivity contribution in [1.82, 2.24) is 0 Å². The van der Waals surface area contributed by atoms with Crippen LogP contribution in [0.4, 0.5) is 0 Å². The van der Waals surface area contributed by atoms with Gasteiger partial charge < -0.3 is 4.74 Å². The molecule has 5 nitrogen and oxygen atoms in total. The number of hydrogen-bond acceptors (Lipinski definition) is 4. The van der Waals surface area contributed by atoms with Gasteiger partial charge in [0.05, 0.1) is 22.1 Å². The maximum atomic E-state index is 12.0. The fourth-order valence-electron chi connectivity index (χ4n) is 1.40. The minimum absolute atomic E-state index is 0.0209. The molecule has 0 radical (unpaired) electrons. The van der Waals surface area contributed by atoms with E-state index in [2.05, 4.69) is 15.9 Å². The number of ether oxygens (including phenoxy) is 1. The number of carbonyl (C=O) groups excluding carboxylic acids is 1. The molecule has 2 N–H and O–H groups in total. The van der Waals surface area contributed by atoms with Crippen molar-refractivity contribution < 1.29 is 17.9 Å². The molecule has 0 spiro atoms. The monoisotopic (exact) mass is 397 g/mol. The Morgan fingerprint density at radius 3 is 2.43 bits per heavy atom. The van der Waals surface area contributed by atoms with Crippen LogP contribution in [0.2, 0.25) is 5.02 Å². The van der Waals surface area contributed by atoms with Crippen LogP contribution in [0, 0.1) is 5.41 Å². The minimum Gasteiger partial charge on any atom is -0.462 e. The topological polar surface area (TPSA) is 86.5 Å². The lowest BCUT2D eigenvalue weighted by Gasteiger charge is -2.17. The molecule has 1 rings (SSSR count). The first-order valence-corrected chi connectivity index (χ1v) is 8.82. The first kappa shape index (κ1) is 18.4. The number of hydrogen-bond donors (Lipinski definition) is 1. The summed E-state index contributed by atoms with van der Waals surface area (Å²) < 4.78 is 28.1. The molecular weight excluding hydrogens is 382 g/mol. The van der Waals surface area contributed by atoms with Crippen LogP contribution < -0.4 is 5.14 Å². The Balaban J connectivity index is 3.02. The summed E-state index contributed by atoms with van der Waals surface area (Å²) in [7, 11) is -3.94. The molecule has 0 bridgehead atoms. The van der Waals surface area contributed by atoms with Crippen LogP contribution in [0.5, 0.6) is 0 Å². The van der Waals surface area contributed by atoms with Gasteiger partial charge in [-0.2, -0.15) is 0 Å². The maximum absolute atomic E-state index is 12.0. The van der Waals surface area contributed by atoms with E-state index in [1.807, 2.05) is 20.8 Å². The number of carbonyl (C=O) groups is 1. The second-order valence-corrected chi connectivity index (χ2v) is 8.55. The van der Waals surface area contributed by atoms with Crippen LogP contribution in [0.3, 0.4) is 0 Å². The van der Waals surface area contributed by atoms with Crippen LogP contribution in [0.1, 0.15) is 37.6 Å². The molecule has 0 aliphatic carbocycles. The Morgan fingerprint density at radius 1 is 1.38 bits per heavy atom. The number of nitrogens with two attached hydrogens (primary N) is 1. The molecule has 0 saturated carbocycles. The highest BCUT2D eigenvalue weighted by atomic mass is 79.9. The van der Waals surface area contributed by atoms with Crippen molar-refractivity contribution in [2.45, 2.75) is 32.1 Å². The van der Waals surface area contributed by atoms with E-state index >= 15 is 0 Å². The summed E-state index contributed by atoms with van der Waals surface area (Å²) in [5.74, 6) is -0.685. The molecule has 0 saturated heterocycles. The third-order valence-corrected chi connectivity index (χ3v) is 4.79. The van der Waals surface area contributed by atoms with Crippen molar-refractivity contribution in [2.24, 2.45) is 10.6 Å². The zero-order valence-corrected chi connectivity index (χ0v) is 15.1. The second-order valence-electron chi connectivity index (χ2n) is 5.76. The van der Waals surface area contributed by atoms with Gasteiger partial charge in [0.15, 0.2) is 0 Å². The van der Waals surface area contributed by atoms with Crippen LogP contribution in [-0.2, 0) is 14.8 Å². The molecule has 0 aliphatic heterocycles. The Hall–Kier alpha value is -0.630. The number of sulfonamides is 1. The van der Waals surface area contributed by atoms with Gasteiger partial charge in [-0.25, -0.2) is 18.4 Å². The van der Waals surface area contributed by atoms with Gasteiger partial charge >= 0.3 is 5.97 Å². The van der Waals surface area contributed by atoms with Gasteiger partial charge in [-0.15, -0.1) is 0 Å². The predicted octanol–water partition coefficient (Wildman–Crippen LogP) is 3.34. The molecule has 0 aliphatic rings. The van der Waals surface area contributed by atoms with Crippen molar-refractivity contribution in [2.75, 3.05) is 6.61 Å². The molecular formula is C13H17BrClNO4S. The largest absolute Gasteiger partial charge is 0.462 e. The number of rotatable bonds is 4. The van der Waals surface area contributed by atoms with Crippen LogP contribution in [-0.4, -0.2) is 21.0 Å². The zero-order valence-electron chi connectivity index (χ0n) is 11.9. The van der Waals surface area contributed by atoms with E-state index in [0.717, 1.165) is 6.07 Å². The predicted molar refractivity (Wildman–Crippen MR) is 84.9 cm³/mol. The van der Waals surface area contributed by atoms with Gasteiger partial charge in [0.25, 0.3) is 0 Å². The average Bonchev–Trinajstić information content (AvgIpc) is 2.29. The molecule has 0 heterocycles. The van der Waals surface area contributed by atoms with E-state index < -0.39 is 16.0 Å². The van der Waals surface area contributed by atoms with Gasteiger partial charge in [-0.3, -0.25) is 0 Å². The lowest BCUT2D eigenvalue weighted by molar-refractivity contribution is 0.0464. The molecule has 0 fully saturated rings. The van der Waals surface area contributed by atoms with Gasteiger partial charge in [0.2, 0.25) is 10.0 Å². The Morgan fingerprint density at radius 2 is 1.95 bits per heavy atom. The molecule has 1 aromatic carbocycles. The lowest BCUT2D eigenvalue weighted by Crippen LogP contribution is -2.16. The highest BCUT2D eigenvalue weighted by Gasteiger charge is 2.20. The average molecular weight is 399 g/mol. The van der Waals surface area contributed by atoms with E-state index in [4.69, 9.17) is 21.5 Å². The Bertz CT molecular complexity index is 653. The van der Waals surface area contributed by atoms with Crippen LogP contribution in [0.25, 0.3) is 0 Å².